The van der Waals surface area contributed by atoms with Gasteiger partial charge in [0.25, 0.3) is 0 Å². The first-order chi connectivity index (χ1) is 13.0. The van der Waals surface area contributed by atoms with Gasteiger partial charge in [-0.2, -0.15) is 18.4 Å². The maximum Gasteiger partial charge on any atom is 0.417 e. The van der Waals surface area contributed by atoms with Crippen molar-refractivity contribution in [2.75, 3.05) is 24.5 Å². The number of amides is 1. The van der Waals surface area contributed by atoms with E-state index in [0.717, 1.165) is 18.9 Å². The SMILES string of the molecule is CCN(c1ccc(C#N)c(C(F)(F)F)c1)[C@@H]1CCCN(C(=O)OC(C)(C)C)C1. The molecule has 1 heterocycles. The predicted octanol–water partition coefficient (Wildman–Crippen LogP) is 4.80. The number of likely N-dealkylation sites (N-methyl/N-ethyl adjacent to an activating group) is 1. The molecule has 1 atom stereocenters. The van der Waals surface area contributed by atoms with Crippen LogP contribution < -0.4 is 4.90 Å². The number of nitrogens with zero attached hydrogens (tertiary/aromatic N) is 3. The van der Waals surface area contributed by atoms with E-state index in [-0.39, 0.29) is 6.04 Å². The molecule has 0 unspecified atom stereocenters. The lowest BCUT2D eigenvalue weighted by Gasteiger charge is -2.40. The van der Waals surface area contributed by atoms with E-state index in [0.29, 0.717) is 25.3 Å². The fraction of sp³-hybridized carbons (Fsp3) is 0.600. The summed E-state index contributed by atoms with van der Waals surface area (Å²) in [5.74, 6) is 0. The zero-order chi connectivity index (χ0) is 21.1. The summed E-state index contributed by atoms with van der Waals surface area (Å²) in [6.45, 7) is 8.66. The number of carbonyl (C=O) groups excluding carboxylic acids is 1. The van der Waals surface area contributed by atoms with E-state index in [1.165, 1.54) is 12.1 Å². The number of rotatable bonds is 3. The minimum atomic E-state index is -4.60. The van der Waals surface area contributed by atoms with Gasteiger partial charge in [-0.3, -0.25) is 0 Å². The highest BCUT2D eigenvalue weighted by Gasteiger charge is 2.35. The van der Waals surface area contributed by atoms with Crippen LogP contribution in [0.25, 0.3) is 0 Å². The smallest absolute Gasteiger partial charge is 0.417 e. The Kier molecular flexibility index (Phi) is 6.48. The molecule has 1 aliphatic rings. The third kappa shape index (κ3) is 5.31. The summed E-state index contributed by atoms with van der Waals surface area (Å²) >= 11 is 0. The highest BCUT2D eigenvalue weighted by atomic mass is 19.4. The van der Waals surface area contributed by atoms with Gasteiger partial charge in [0.15, 0.2) is 0 Å². The molecule has 1 aliphatic heterocycles. The van der Waals surface area contributed by atoms with Crippen molar-refractivity contribution in [1.29, 1.82) is 5.26 Å². The number of likely N-dealkylation sites (tertiary alicyclic amines) is 1. The Morgan fingerprint density at radius 1 is 1.36 bits per heavy atom. The van der Waals surface area contributed by atoms with Crippen LogP contribution in [0.2, 0.25) is 0 Å². The average Bonchev–Trinajstić information content (AvgIpc) is 2.60. The second-order valence-electron chi connectivity index (χ2n) is 7.85. The molecule has 0 aliphatic carbocycles. The largest absolute Gasteiger partial charge is 0.444 e. The number of hydrogen-bond acceptors (Lipinski definition) is 4. The van der Waals surface area contributed by atoms with E-state index in [9.17, 15) is 18.0 Å². The first-order valence-electron chi connectivity index (χ1n) is 9.32. The lowest BCUT2D eigenvalue weighted by atomic mass is 10.0. The fourth-order valence-electron chi connectivity index (χ4n) is 3.40. The number of benzene rings is 1. The van der Waals surface area contributed by atoms with Crippen molar-refractivity contribution >= 4 is 11.8 Å². The Morgan fingerprint density at radius 3 is 2.57 bits per heavy atom. The molecule has 1 amide bonds. The molecule has 0 N–H and O–H groups in total. The number of ether oxygens (including phenoxy) is 1. The Morgan fingerprint density at radius 2 is 2.04 bits per heavy atom. The van der Waals surface area contributed by atoms with Crippen LogP contribution in [-0.2, 0) is 10.9 Å². The number of hydrogen-bond donors (Lipinski definition) is 0. The monoisotopic (exact) mass is 397 g/mol. The second-order valence-corrected chi connectivity index (χ2v) is 7.85. The van der Waals surface area contributed by atoms with Gasteiger partial charge in [0.05, 0.1) is 17.2 Å². The van der Waals surface area contributed by atoms with Crippen molar-refractivity contribution in [3.8, 4) is 6.07 Å². The molecule has 1 fully saturated rings. The number of carbonyl (C=O) groups is 1. The summed E-state index contributed by atoms with van der Waals surface area (Å²) in [6, 6.07) is 5.23. The fourth-order valence-corrected chi connectivity index (χ4v) is 3.40. The van der Waals surface area contributed by atoms with E-state index in [1.54, 1.807) is 31.7 Å². The molecule has 28 heavy (non-hydrogen) atoms. The van der Waals surface area contributed by atoms with Gasteiger partial charge in [0.1, 0.15) is 5.60 Å². The lowest BCUT2D eigenvalue weighted by Crippen LogP contribution is -2.51. The van der Waals surface area contributed by atoms with Gasteiger partial charge in [-0.25, -0.2) is 4.79 Å². The van der Waals surface area contributed by atoms with Gasteiger partial charge < -0.3 is 14.5 Å². The molecule has 0 aromatic heterocycles. The van der Waals surface area contributed by atoms with Crippen LogP contribution in [0.3, 0.4) is 0 Å². The molecule has 0 bridgehead atoms. The minimum Gasteiger partial charge on any atom is -0.444 e. The standard InChI is InChI=1S/C20H26F3N3O2/c1-5-26(15-9-8-14(12-24)17(11-15)20(21,22)23)16-7-6-10-25(13-16)18(27)28-19(2,3)4/h8-9,11,16H,5-7,10,13H2,1-4H3/t16-/m1/s1. The van der Waals surface area contributed by atoms with Gasteiger partial charge in [0.2, 0.25) is 0 Å². The van der Waals surface area contributed by atoms with Gasteiger partial charge in [0, 0.05) is 31.4 Å². The molecular formula is C20H26F3N3O2. The summed E-state index contributed by atoms with van der Waals surface area (Å²) in [4.78, 5) is 15.8. The molecule has 8 heteroatoms. The summed E-state index contributed by atoms with van der Waals surface area (Å²) in [6.07, 6.45) is -3.52. The minimum absolute atomic E-state index is 0.125. The molecule has 0 radical (unpaired) electrons. The average molecular weight is 397 g/mol. The summed E-state index contributed by atoms with van der Waals surface area (Å²) in [5.41, 5.74) is -1.55. The summed E-state index contributed by atoms with van der Waals surface area (Å²) < 4.78 is 45.4. The Balaban J connectivity index is 2.25. The third-order valence-electron chi connectivity index (χ3n) is 4.59. The summed E-state index contributed by atoms with van der Waals surface area (Å²) in [7, 11) is 0. The molecule has 1 saturated heterocycles. The van der Waals surface area contributed by atoms with E-state index < -0.39 is 29.0 Å². The van der Waals surface area contributed by atoms with Crippen LogP contribution in [0, 0.1) is 11.3 Å². The van der Waals surface area contributed by atoms with Crippen molar-refractivity contribution in [3.63, 3.8) is 0 Å². The zero-order valence-electron chi connectivity index (χ0n) is 16.6. The van der Waals surface area contributed by atoms with Crippen LogP contribution in [0.15, 0.2) is 18.2 Å². The van der Waals surface area contributed by atoms with Gasteiger partial charge in [-0.15, -0.1) is 0 Å². The van der Waals surface area contributed by atoms with Crippen molar-refractivity contribution in [2.45, 2.75) is 58.4 Å². The Labute approximate surface area is 163 Å². The number of nitriles is 1. The van der Waals surface area contributed by atoms with Crippen LogP contribution in [0.4, 0.5) is 23.7 Å². The van der Waals surface area contributed by atoms with E-state index in [4.69, 9.17) is 10.00 Å². The predicted molar refractivity (Wildman–Crippen MR) is 100 cm³/mol. The van der Waals surface area contributed by atoms with Crippen LogP contribution in [-0.4, -0.2) is 42.3 Å². The van der Waals surface area contributed by atoms with Crippen molar-refractivity contribution in [2.24, 2.45) is 0 Å². The lowest BCUT2D eigenvalue weighted by molar-refractivity contribution is -0.137. The first kappa shape index (κ1) is 21.9. The van der Waals surface area contributed by atoms with Crippen LogP contribution in [0.5, 0.6) is 0 Å². The number of halogens is 3. The van der Waals surface area contributed by atoms with Crippen molar-refractivity contribution < 1.29 is 22.7 Å². The normalized spacial score (nSPS) is 17.8. The molecule has 1 aromatic rings. The molecule has 2 rings (SSSR count). The topological polar surface area (TPSA) is 56.6 Å². The van der Waals surface area contributed by atoms with Gasteiger partial charge in [-0.05, 0) is 58.7 Å². The molecule has 0 saturated carbocycles. The highest BCUT2D eigenvalue weighted by Crippen LogP contribution is 2.35. The zero-order valence-corrected chi connectivity index (χ0v) is 16.6. The van der Waals surface area contributed by atoms with E-state index in [1.807, 2.05) is 11.8 Å². The number of alkyl halides is 3. The van der Waals surface area contributed by atoms with Gasteiger partial charge in [-0.1, -0.05) is 0 Å². The maximum absolute atomic E-state index is 13.3. The molecule has 0 spiro atoms. The molecular weight excluding hydrogens is 371 g/mol. The molecule has 1 aromatic carbocycles. The van der Waals surface area contributed by atoms with E-state index >= 15 is 0 Å². The quantitative estimate of drug-likeness (QED) is 0.735. The van der Waals surface area contributed by atoms with Crippen molar-refractivity contribution in [1.82, 2.24) is 4.90 Å². The Bertz CT molecular complexity index is 751. The Hall–Kier alpha value is -2.43. The molecule has 154 valence electrons. The number of anilines is 1. The molecule has 5 nitrogen and oxygen atoms in total. The van der Waals surface area contributed by atoms with Crippen molar-refractivity contribution in [3.05, 3.63) is 29.3 Å². The highest BCUT2D eigenvalue weighted by molar-refractivity contribution is 5.68. The summed E-state index contributed by atoms with van der Waals surface area (Å²) in [5, 5.41) is 8.98. The first-order valence-corrected chi connectivity index (χ1v) is 9.32. The van der Waals surface area contributed by atoms with Gasteiger partial charge >= 0.3 is 12.3 Å². The maximum atomic E-state index is 13.3. The van der Waals surface area contributed by atoms with E-state index in [2.05, 4.69) is 0 Å². The third-order valence-corrected chi connectivity index (χ3v) is 4.59. The van der Waals surface area contributed by atoms with Crippen LogP contribution >= 0.6 is 0 Å². The number of piperidine rings is 1. The second kappa shape index (κ2) is 8.29. The van der Waals surface area contributed by atoms with Crippen LogP contribution in [0.1, 0.15) is 51.7 Å².